The SMILES string of the molecule is CSCCC(NC(=O)c1ccccc1)C(=O)OCCOc1ccc(C)cc1. The molecule has 0 aliphatic rings. The molecule has 1 N–H and O–H groups in total. The first-order valence-electron chi connectivity index (χ1n) is 8.81. The predicted molar refractivity (Wildman–Crippen MR) is 108 cm³/mol. The van der Waals surface area contributed by atoms with Gasteiger partial charge in [-0.05, 0) is 49.6 Å². The van der Waals surface area contributed by atoms with Crippen molar-refractivity contribution in [3.63, 3.8) is 0 Å². The highest BCUT2D eigenvalue weighted by atomic mass is 32.2. The summed E-state index contributed by atoms with van der Waals surface area (Å²) in [6.07, 6.45) is 2.47. The highest BCUT2D eigenvalue weighted by Gasteiger charge is 2.22. The summed E-state index contributed by atoms with van der Waals surface area (Å²) < 4.78 is 10.8. The highest BCUT2D eigenvalue weighted by molar-refractivity contribution is 7.98. The number of benzene rings is 2. The van der Waals surface area contributed by atoms with Gasteiger partial charge < -0.3 is 14.8 Å². The Labute approximate surface area is 164 Å². The Hall–Kier alpha value is -2.47. The minimum Gasteiger partial charge on any atom is -0.490 e. The summed E-state index contributed by atoms with van der Waals surface area (Å²) in [6.45, 7) is 2.39. The molecule has 0 aliphatic carbocycles. The van der Waals surface area contributed by atoms with Crippen molar-refractivity contribution in [2.45, 2.75) is 19.4 Å². The fourth-order valence-electron chi connectivity index (χ4n) is 2.35. The molecule has 1 unspecified atom stereocenters. The lowest BCUT2D eigenvalue weighted by Gasteiger charge is -2.17. The van der Waals surface area contributed by atoms with Gasteiger partial charge >= 0.3 is 5.97 Å². The maximum Gasteiger partial charge on any atom is 0.328 e. The third-order valence-corrected chi connectivity index (χ3v) is 4.50. The molecule has 2 aromatic rings. The Balaban J connectivity index is 1.82. The molecule has 0 aliphatic heterocycles. The van der Waals surface area contributed by atoms with Gasteiger partial charge in [0.25, 0.3) is 5.91 Å². The van der Waals surface area contributed by atoms with E-state index in [0.29, 0.717) is 12.0 Å². The van der Waals surface area contributed by atoms with Gasteiger partial charge in [0.1, 0.15) is 25.0 Å². The van der Waals surface area contributed by atoms with Crippen LogP contribution in [-0.4, -0.2) is 43.1 Å². The van der Waals surface area contributed by atoms with E-state index in [1.54, 1.807) is 36.0 Å². The predicted octanol–water partition coefficient (Wildman–Crippen LogP) is 3.47. The number of rotatable bonds is 10. The van der Waals surface area contributed by atoms with Crippen molar-refractivity contribution in [2.24, 2.45) is 0 Å². The van der Waals surface area contributed by atoms with E-state index in [1.807, 2.05) is 43.5 Å². The molecule has 2 aromatic carbocycles. The largest absolute Gasteiger partial charge is 0.490 e. The molecular weight excluding hydrogens is 362 g/mol. The summed E-state index contributed by atoms with van der Waals surface area (Å²) in [7, 11) is 0. The Kier molecular flexibility index (Phi) is 8.71. The van der Waals surface area contributed by atoms with Crippen molar-refractivity contribution in [2.75, 3.05) is 25.2 Å². The summed E-state index contributed by atoms with van der Waals surface area (Å²) in [5.74, 6) is 0.748. The van der Waals surface area contributed by atoms with E-state index in [9.17, 15) is 9.59 Å². The summed E-state index contributed by atoms with van der Waals surface area (Å²) in [4.78, 5) is 24.7. The normalized spacial score (nSPS) is 11.5. The number of thioether (sulfide) groups is 1. The van der Waals surface area contributed by atoms with E-state index in [1.165, 1.54) is 0 Å². The van der Waals surface area contributed by atoms with Gasteiger partial charge in [0.15, 0.2) is 0 Å². The number of aryl methyl sites for hydroxylation is 1. The first-order chi connectivity index (χ1) is 13.1. The van der Waals surface area contributed by atoms with Crippen LogP contribution in [0.2, 0.25) is 0 Å². The molecule has 5 nitrogen and oxygen atoms in total. The van der Waals surface area contributed by atoms with Gasteiger partial charge in [0.05, 0.1) is 0 Å². The van der Waals surface area contributed by atoms with Crippen molar-refractivity contribution >= 4 is 23.6 Å². The lowest BCUT2D eigenvalue weighted by molar-refractivity contribution is -0.146. The maximum atomic E-state index is 12.4. The molecule has 0 saturated carbocycles. The van der Waals surface area contributed by atoms with E-state index in [0.717, 1.165) is 17.1 Å². The molecule has 27 heavy (non-hydrogen) atoms. The van der Waals surface area contributed by atoms with Gasteiger partial charge in [-0.25, -0.2) is 4.79 Å². The highest BCUT2D eigenvalue weighted by Crippen LogP contribution is 2.11. The molecule has 1 amide bonds. The second-order valence-corrected chi connectivity index (χ2v) is 6.99. The minimum atomic E-state index is -0.676. The van der Waals surface area contributed by atoms with Crippen LogP contribution in [0.25, 0.3) is 0 Å². The lowest BCUT2D eigenvalue weighted by atomic mass is 10.1. The van der Waals surface area contributed by atoms with Gasteiger partial charge in [-0.2, -0.15) is 11.8 Å². The topological polar surface area (TPSA) is 64.6 Å². The zero-order chi connectivity index (χ0) is 19.5. The Bertz CT molecular complexity index is 719. The molecule has 2 rings (SSSR count). The maximum absolute atomic E-state index is 12.4. The number of ether oxygens (including phenoxy) is 2. The zero-order valence-electron chi connectivity index (χ0n) is 15.6. The smallest absolute Gasteiger partial charge is 0.328 e. The molecule has 0 radical (unpaired) electrons. The number of amides is 1. The summed E-state index contributed by atoms with van der Waals surface area (Å²) >= 11 is 1.61. The third kappa shape index (κ3) is 7.35. The van der Waals surface area contributed by atoms with Crippen molar-refractivity contribution in [1.82, 2.24) is 5.32 Å². The first-order valence-corrected chi connectivity index (χ1v) is 10.2. The van der Waals surface area contributed by atoms with E-state index in [-0.39, 0.29) is 19.1 Å². The van der Waals surface area contributed by atoms with Crippen LogP contribution in [0.3, 0.4) is 0 Å². The van der Waals surface area contributed by atoms with Crippen LogP contribution in [0.1, 0.15) is 22.3 Å². The number of carbonyl (C=O) groups excluding carboxylic acids is 2. The molecule has 6 heteroatoms. The number of esters is 1. The summed E-state index contributed by atoms with van der Waals surface area (Å²) in [5, 5.41) is 2.77. The molecule has 0 fully saturated rings. The number of hydrogen-bond acceptors (Lipinski definition) is 5. The second-order valence-electron chi connectivity index (χ2n) is 6.00. The molecule has 0 bridgehead atoms. The van der Waals surface area contributed by atoms with Gasteiger partial charge in [0.2, 0.25) is 0 Å². The first kappa shape index (κ1) is 20.8. The van der Waals surface area contributed by atoms with Crippen LogP contribution < -0.4 is 10.1 Å². The number of hydrogen-bond donors (Lipinski definition) is 1. The fourth-order valence-corrected chi connectivity index (χ4v) is 2.82. The number of carbonyl (C=O) groups is 2. The van der Waals surface area contributed by atoms with Crippen LogP contribution in [-0.2, 0) is 9.53 Å². The molecule has 0 spiro atoms. The summed E-state index contributed by atoms with van der Waals surface area (Å²) in [6, 6.07) is 15.8. The molecule has 0 aromatic heterocycles. The van der Waals surface area contributed by atoms with E-state index in [4.69, 9.17) is 9.47 Å². The van der Waals surface area contributed by atoms with E-state index >= 15 is 0 Å². The average molecular weight is 388 g/mol. The van der Waals surface area contributed by atoms with E-state index in [2.05, 4.69) is 5.32 Å². The average Bonchev–Trinajstić information content (AvgIpc) is 2.70. The lowest BCUT2D eigenvalue weighted by Crippen LogP contribution is -2.42. The third-order valence-electron chi connectivity index (χ3n) is 3.85. The van der Waals surface area contributed by atoms with Crippen LogP contribution in [0.5, 0.6) is 5.75 Å². The minimum absolute atomic E-state index is 0.129. The zero-order valence-corrected chi connectivity index (χ0v) is 16.5. The molecule has 0 saturated heterocycles. The van der Waals surface area contributed by atoms with Crippen LogP contribution in [0.4, 0.5) is 0 Å². The van der Waals surface area contributed by atoms with Crippen LogP contribution in [0, 0.1) is 6.92 Å². The van der Waals surface area contributed by atoms with Crippen molar-refractivity contribution < 1.29 is 19.1 Å². The van der Waals surface area contributed by atoms with Gasteiger partial charge in [-0.3, -0.25) is 4.79 Å². The molecule has 1 atom stereocenters. The van der Waals surface area contributed by atoms with Gasteiger partial charge in [-0.15, -0.1) is 0 Å². The van der Waals surface area contributed by atoms with Crippen LogP contribution >= 0.6 is 11.8 Å². The van der Waals surface area contributed by atoms with Gasteiger partial charge in [-0.1, -0.05) is 35.9 Å². The Morgan fingerprint density at radius 3 is 2.41 bits per heavy atom. The standard InChI is InChI=1S/C21H25NO4S/c1-16-8-10-18(11-9-16)25-13-14-26-21(24)19(12-15-27-2)22-20(23)17-6-4-3-5-7-17/h3-11,19H,12-15H2,1-2H3,(H,22,23). The van der Waals surface area contributed by atoms with Crippen LogP contribution in [0.15, 0.2) is 54.6 Å². The molecule has 0 heterocycles. The Morgan fingerprint density at radius 1 is 1.04 bits per heavy atom. The van der Waals surface area contributed by atoms with Crippen molar-refractivity contribution in [1.29, 1.82) is 0 Å². The monoisotopic (exact) mass is 387 g/mol. The molecular formula is C21H25NO4S. The molecule has 144 valence electrons. The van der Waals surface area contributed by atoms with Crippen molar-refractivity contribution in [3.8, 4) is 5.75 Å². The number of nitrogens with one attached hydrogen (secondary N) is 1. The van der Waals surface area contributed by atoms with Crippen molar-refractivity contribution in [3.05, 3.63) is 65.7 Å². The second kappa shape index (κ2) is 11.3. The van der Waals surface area contributed by atoms with E-state index < -0.39 is 12.0 Å². The fraction of sp³-hybridized carbons (Fsp3) is 0.333. The summed E-state index contributed by atoms with van der Waals surface area (Å²) in [5.41, 5.74) is 1.67. The van der Waals surface area contributed by atoms with Gasteiger partial charge in [0, 0.05) is 5.56 Å². The quantitative estimate of drug-likeness (QED) is 0.500. The Morgan fingerprint density at radius 2 is 1.74 bits per heavy atom.